The predicted molar refractivity (Wildman–Crippen MR) is 58.0 cm³/mol. The second-order valence-corrected chi connectivity index (χ2v) is 5.31. The minimum absolute atomic E-state index is 0.0700. The fourth-order valence-electron chi connectivity index (χ4n) is 1.72. The Morgan fingerprint density at radius 2 is 1.93 bits per heavy atom. The van der Waals surface area contributed by atoms with Crippen LogP contribution >= 0.6 is 0 Å². The summed E-state index contributed by atoms with van der Waals surface area (Å²) >= 11 is 0. The monoisotopic (exact) mass is 198 g/mol. The fraction of sp³-hybridized carbons (Fsp3) is 0.909. The molecule has 1 aliphatic heterocycles. The molecule has 3 nitrogen and oxygen atoms in total. The van der Waals surface area contributed by atoms with Crippen LogP contribution in [0.25, 0.3) is 0 Å². The minimum atomic E-state index is -0.0700. The second-order valence-electron chi connectivity index (χ2n) is 5.31. The van der Waals surface area contributed by atoms with Crippen LogP contribution < -0.4 is 5.32 Å². The molecule has 0 aromatic carbocycles. The number of amides is 1. The van der Waals surface area contributed by atoms with Crippen molar-refractivity contribution in [3.8, 4) is 0 Å². The van der Waals surface area contributed by atoms with Crippen LogP contribution in [-0.2, 0) is 4.79 Å². The molecule has 1 N–H and O–H groups in total. The predicted octanol–water partition coefficient (Wildman–Crippen LogP) is 1.10. The molecule has 1 saturated heterocycles. The zero-order chi connectivity index (χ0) is 10.9. The molecule has 0 saturated carbocycles. The molecule has 0 radical (unpaired) electrons. The first-order valence-electron chi connectivity index (χ1n) is 5.32. The summed E-state index contributed by atoms with van der Waals surface area (Å²) in [6, 6.07) is 0. The van der Waals surface area contributed by atoms with Crippen molar-refractivity contribution in [1.29, 1.82) is 0 Å². The van der Waals surface area contributed by atoms with Gasteiger partial charge in [0.05, 0.1) is 5.92 Å². The molecule has 0 bridgehead atoms. The maximum absolute atomic E-state index is 12.1. The molecular formula is C11H22N2O. The zero-order valence-corrected chi connectivity index (χ0v) is 9.92. The van der Waals surface area contributed by atoms with Gasteiger partial charge >= 0.3 is 0 Å². The van der Waals surface area contributed by atoms with Gasteiger partial charge in [0.1, 0.15) is 0 Å². The number of carbonyl (C=O) groups excluding carboxylic acids is 1. The van der Waals surface area contributed by atoms with Gasteiger partial charge in [0.25, 0.3) is 0 Å². The van der Waals surface area contributed by atoms with Gasteiger partial charge in [0, 0.05) is 19.1 Å². The third-order valence-corrected chi connectivity index (χ3v) is 3.17. The molecule has 3 heteroatoms. The van der Waals surface area contributed by atoms with Gasteiger partial charge in [-0.15, -0.1) is 0 Å². The van der Waals surface area contributed by atoms with Crippen LogP contribution in [0.1, 0.15) is 27.7 Å². The Bertz CT molecular complexity index is 216. The van der Waals surface area contributed by atoms with E-state index >= 15 is 0 Å². The Morgan fingerprint density at radius 1 is 1.36 bits per heavy atom. The van der Waals surface area contributed by atoms with E-state index in [1.54, 1.807) is 0 Å². The molecule has 1 aliphatic rings. The van der Waals surface area contributed by atoms with Crippen molar-refractivity contribution in [1.82, 2.24) is 10.2 Å². The Balaban J connectivity index is 2.65. The molecule has 1 fully saturated rings. The van der Waals surface area contributed by atoms with Crippen molar-refractivity contribution in [3.63, 3.8) is 0 Å². The molecule has 0 aliphatic carbocycles. The third kappa shape index (κ3) is 2.27. The molecule has 1 amide bonds. The van der Waals surface area contributed by atoms with Crippen molar-refractivity contribution in [3.05, 3.63) is 0 Å². The van der Waals surface area contributed by atoms with Gasteiger partial charge in [0.2, 0.25) is 5.91 Å². The molecule has 2 atom stereocenters. The number of rotatable bonds is 1. The lowest BCUT2D eigenvalue weighted by molar-refractivity contribution is -0.138. The van der Waals surface area contributed by atoms with Crippen molar-refractivity contribution in [2.75, 3.05) is 20.1 Å². The van der Waals surface area contributed by atoms with E-state index < -0.39 is 0 Å². The van der Waals surface area contributed by atoms with E-state index in [0.29, 0.717) is 5.92 Å². The average Bonchev–Trinajstić information content (AvgIpc) is 2.47. The van der Waals surface area contributed by atoms with Gasteiger partial charge in [0.15, 0.2) is 0 Å². The first kappa shape index (κ1) is 11.5. The number of nitrogens with one attached hydrogen (secondary N) is 1. The maximum Gasteiger partial charge on any atom is 0.227 e. The van der Waals surface area contributed by atoms with Gasteiger partial charge in [-0.05, 0) is 33.2 Å². The molecule has 0 aromatic heterocycles. The zero-order valence-electron chi connectivity index (χ0n) is 9.92. The summed E-state index contributed by atoms with van der Waals surface area (Å²) in [5, 5.41) is 3.26. The van der Waals surface area contributed by atoms with Crippen LogP contribution in [0.15, 0.2) is 0 Å². The van der Waals surface area contributed by atoms with Crippen LogP contribution in [0.4, 0.5) is 0 Å². The summed E-state index contributed by atoms with van der Waals surface area (Å²) in [5.41, 5.74) is -0.0700. The van der Waals surface area contributed by atoms with Crippen molar-refractivity contribution in [2.45, 2.75) is 33.2 Å². The summed E-state index contributed by atoms with van der Waals surface area (Å²) in [5.74, 6) is 0.904. The molecule has 82 valence electrons. The van der Waals surface area contributed by atoms with E-state index in [2.05, 4.69) is 33.0 Å². The highest BCUT2D eigenvalue weighted by molar-refractivity contribution is 5.80. The van der Waals surface area contributed by atoms with Crippen LogP contribution in [-0.4, -0.2) is 36.5 Å². The van der Waals surface area contributed by atoms with Crippen molar-refractivity contribution < 1.29 is 4.79 Å². The smallest absolute Gasteiger partial charge is 0.227 e. The molecule has 1 rings (SSSR count). The van der Waals surface area contributed by atoms with Crippen LogP contribution in [0.2, 0.25) is 0 Å². The van der Waals surface area contributed by atoms with Gasteiger partial charge in [-0.3, -0.25) is 4.79 Å². The molecule has 14 heavy (non-hydrogen) atoms. The standard InChI is InChI=1S/C11H22N2O/c1-8-6-12-7-9(8)10(14)13(5)11(2,3)4/h8-9,12H,6-7H2,1-5H3. The lowest BCUT2D eigenvalue weighted by atomic mass is 9.94. The number of nitrogens with zero attached hydrogens (tertiary/aromatic N) is 1. The molecule has 0 spiro atoms. The van der Waals surface area contributed by atoms with Crippen molar-refractivity contribution in [2.24, 2.45) is 11.8 Å². The average molecular weight is 198 g/mol. The Labute approximate surface area is 86.9 Å². The summed E-state index contributed by atoms with van der Waals surface area (Å²) in [7, 11) is 1.90. The highest BCUT2D eigenvalue weighted by atomic mass is 16.2. The van der Waals surface area contributed by atoms with Crippen LogP contribution in [0.5, 0.6) is 0 Å². The van der Waals surface area contributed by atoms with Gasteiger partial charge in [-0.2, -0.15) is 0 Å². The number of hydrogen-bond donors (Lipinski definition) is 1. The molecule has 0 aromatic rings. The highest BCUT2D eigenvalue weighted by Gasteiger charge is 2.34. The van der Waals surface area contributed by atoms with E-state index in [0.717, 1.165) is 13.1 Å². The Kier molecular flexibility index (Phi) is 3.20. The Hall–Kier alpha value is -0.570. The van der Waals surface area contributed by atoms with Crippen molar-refractivity contribution >= 4 is 5.91 Å². The summed E-state index contributed by atoms with van der Waals surface area (Å²) in [4.78, 5) is 14.0. The summed E-state index contributed by atoms with van der Waals surface area (Å²) in [6.07, 6.45) is 0. The quantitative estimate of drug-likeness (QED) is 0.684. The number of carbonyl (C=O) groups is 1. The fourth-order valence-corrected chi connectivity index (χ4v) is 1.72. The Morgan fingerprint density at radius 3 is 2.29 bits per heavy atom. The first-order chi connectivity index (χ1) is 6.34. The summed E-state index contributed by atoms with van der Waals surface area (Å²) in [6.45, 7) is 10.1. The largest absolute Gasteiger partial charge is 0.341 e. The molecule has 1 heterocycles. The third-order valence-electron chi connectivity index (χ3n) is 3.17. The first-order valence-corrected chi connectivity index (χ1v) is 5.32. The van der Waals surface area contributed by atoms with Crippen LogP contribution in [0.3, 0.4) is 0 Å². The van der Waals surface area contributed by atoms with Crippen LogP contribution in [0, 0.1) is 11.8 Å². The maximum atomic E-state index is 12.1. The SMILES string of the molecule is CC1CNCC1C(=O)N(C)C(C)(C)C. The topological polar surface area (TPSA) is 32.3 Å². The van der Waals surface area contributed by atoms with Gasteiger partial charge < -0.3 is 10.2 Å². The lowest BCUT2D eigenvalue weighted by Gasteiger charge is -2.34. The van der Waals surface area contributed by atoms with E-state index in [4.69, 9.17) is 0 Å². The van der Waals surface area contributed by atoms with E-state index in [-0.39, 0.29) is 17.4 Å². The van der Waals surface area contributed by atoms with E-state index in [9.17, 15) is 4.79 Å². The summed E-state index contributed by atoms with van der Waals surface area (Å²) < 4.78 is 0. The lowest BCUT2D eigenvalue weighted by Crippen LogP contribution is -2.46. The van der Waals surface area contributed by atoms with Gasteiger partial charge in [-0.25, -0.2) is 0 Å². The highest BCUT2D eigenvalue weighted by Crippen LogP contribution is 2.21. The van der Waals surface area contributed by atoms with E-state index in [1.807, 2.05) is 11.9 Å². The molecule has 2 unspecified atom stereocenters. The van der Waals surface area contributed by atoms with E-state index in [1.165, 1.54) is 0 Å². The molecular weight excluding hydrogens is 176 g/mol. The van der Waals surface area contributed by atoms with Gasteiger partial charge in [-0.1, -0.05) is 6.92 Å². The second kappa shape index (κ2) is 3.89. The number of hydrogen-bond acceptors (Lipinski definition) is 2. The minimum Gasteiger partial charge on any atom is -0.341 e. The normalized spacial score (nSPS) is 27.8.